The molecule has 0 saturated heterocycles. The Labute approximate surface area is 114 Å². The highest BCUT2D eigenvalue weighted by Crippen LogP contribution is 2.20. The summed E-state index contributed by atoms with van der Waals surface area (Å²) in [4.78, 5) is 4.04. The smallest absolute Gasteiger partial charge is 0.260 e. The van der Waals surface area contributed by atoms with Gasteiger partial charge in [0, 0.05) is 24.7 Å². The van der Waals surface area contributed by atoms with E-state index in [0.29, 0.717) is 18.7 Å². The summed E-state index contributed by atoms with van der Waals surface area (Å²) in [6.07, 6.45) is 2.78. The lowest BCUT2D eigenvalue weighted by molar-refractivity contribution is 0.393. The van der Waals surface area contributed by atoms with Crippen LogP contribution in [-0.2, 0) is 17.1 Å². The van der Waals surface area contributed by atoms with Gasteiger partial charge in [-0.1, -0.05) is 13.8 Å². The number of hydrogen-bond acceptors (Lipinski definition) is 3. The van der Waals surface area contributed by atoms with Crippen molar-refractivity contribution >= 4 is 21.6 Å². The van der Waals surface area contributed by atoms with Gasteiger partial charge in [-0.2, -0.15) is 0 Å². The van der Waals surface area contributed by atoms with E-state index in [0.717, 1.165) is 0 Å². The molecule has 0 bridgehead atoms. The van der Waals surface area contributed by atoms with Crippen molar-refractivity contribution in [2.75, 3.05) is 5.88 Å². The molecule has 0 amide bonds. The minimum absolute atomic E-state index is 0.0406. The van der Waals surface area contributed by atoms with Gasteiger partial charge < -0.3 is 4.57 Å². The number of nitrogens with one attached hydrogen (secondary N) is 1. The first-order valence-electron chi connectivity index (χ1n) is 5.90. The monoisotopic (exact) mass is 293 g/mol. The molecule has 1 N–H and O–H groups in total. The maximum atomic E-state index is 12.2. The fraction of sp³-hybridized carbons (Fsp3) is 0.727. The van der Waals surface area contributed by atoms with Gasteiger partial charge in [-0.15, -0.1) is 11.6 Å². The molecule has 1 heterocycles. The van der Waals surface area contributed by atoms with Gasteiger partial charge in [-0.05, 0) is 19.8 Å². The topological polar surface area (TPSA) is 64.0 Å². The molecule has 1 aromatic heterocycles. The molecule has 0 aliphatic carbocycles. The predicted molar refractivity (Wildman–Crippen MR) is 72.3 cm³/mol. The molecule has 0 saturated carbocycles. The molecule has 0 radical (unpaired) electrons. The van der Waals surface area contributed by atoms with Gasteiger partial charge in [-0.25, -0.2) is 18.1 Å². The Bertz CT molecular complexity index is 479. The quantitative estimate of drug-likeness (QED) is 0.814. The zero-order valence-corrected chi connectivity index (χ0v) is 12.8. The molecule has 0 unspecified atom stereocenters. The molecule has 0 spiro atoms. The third-order valence-corrected chi connectivity index (χ3v) is 5.28. The summed E-state index contributed by atoms with van der Waals surface area (Å²) in [6, 6.07) is 0. The second-order valence-electron chi connectivity index (χ2n) is 4.46. The van der Waals surface area contributed by atoms with Gasteiger partial charge in [0.05, 0.1) is 0 Å². The van der Waals surface area contributed by atoms with Crippen LogP contribution in [-0.4, -0.2) is 29.4 Å². The van der Waals surface area contributed by atoms with Gasteiger partial charge >= 0.3 is 0 Å². The van der Waals surface area contributed by atoms with Gasteiger partial charge in [0.15, 0.2) is 5.03 Å². The Hall–Kier alpha value is -0.590. The molecule has 0 aromatic carbocycles. The van der Waals surface area contributed by atoms with Gasteiger partial charge in [0.1, 0.15) is 5.82 Å². The standard InChI is InChI=1S/C11H20ClN3O2S/c1-5-11(6-2,8-12)14-18(16,17)10-7-15(4)9(3)13-10/h7,14H,5-6,8H2,1-4H3. The van der Waals surface area contributed by atoms with E-state index in [4.69, 9.17) is 11.6 Å². The lowest BCUT2D eigenvalue weighted by atomic mass is 9.97. The number of imidazole rings is 1. The van der Waals surface area contributed by atoms with Crippen molar-refractivity contribution in [1.82, 2.24) is 14.3 Å². The van der Waals surface area contributed by atoms with Crippen LogP contribution < -0.4 is 4.72 Å². The first-order valence-corrected chi connectivity index (χ1v) is 7.92. The summed E-state index contributed by atoms with van der Waals surface area (Å²) in [5.41, 5.74) is -0.605. The highest BCUT2D eigenvalue weighted by Gasteiger charge is 2.32. The third kappa shape index (κ3) is 3.05. The van der Waals surface area contributed by atoms with Crippen LogP contribution in [0.1, 0.15) is 32.5 Å². The van der Waals surface area contributed by atoms with Crippen LogP contribution in [0.2, 0.25) is 0 Å². The van der Waals surface area contributed by atoms with E-state index in [9.17, 15) is 8.42 Å². The highest BCUT2D eigenvalue weighted by molar-refractivity contribution is 7.89. The van der Waals surface area contributed by atoms with Crippen LogP contribution in [0.5, 0.6) is 0 Å². The van der Waals surface area contributed by atoms with Gasteiger partial charge in [-0.3, -0.25) is 0 Å². The highest BCUT2D eigenvalue weighted by atomic mass is 35.5. The minimum atomic E-state index is -3.62. The summed E-state index contributed by atoms with van der Waals surface area (Å²) in [6.45, 7) is 5.59. The van der Waals surface area contributed by atoms with E-state index in [1.54, 1.807) is 18.5 Å². The fourth-order valence-corrected chi connectivity index (χ4v) is 3.71. The molecule has 7 heteroatoms. The number of halogens is 1. The second kappa shape index (κ2) is 5.59. The van der Waals surface area contributed by atoms with E-state index in [1.165, 1.54) is 6.20 Å². The van der Waals surface area contributed by atoms with Crippen molar-refractivity contribution in [1.29, 1.82) is 0 Å². The molecule has 0 aliphatic heterocycles. The van der Waals surface area contributed by atoms with Crippen LogP contribution in [0.3, 0.4) is 0 Å². The molecule has 104 valence electrons. The number of aromatic nitrogens is 2. The summed E-state index contributed by atoms with van der Waals surface area (Å²) in [5.74, 6) is 0.894. The molecule has 0 aliphatic rings. The normalized spacial score (nSPS) is 12.9. The number of aryl methyl sites for hydroxylation is 2. The van der Waals surface area contributed by atoms with Crippen molar-refractivity contribution < 1.29 is 8.42 Å². The number of nitrogens with zero attached hydrogens (tertiary/aromatic N) is 2. The average Bonchev–Trinajstić information content (AvgIpc) is 2.68. The Morgan fingerprint density at radius 1 is 1.44 bits per heavy atom. The van der Waals surface area contributed by atoms with Crippen molar-refractivity contribution in [2.24, 2.45) is 7.05 Å². The van der Waals surface area contributed by atoms with E-state index < -0.39 is 15.6 Å². The molecule has 5 nitrogen and oxygen atoms in total. The van der Waals surface area contributed by atoms with Crippen LogP contribution >= 0.6 is 11.6 Å². The number of rotatable bonds is 6. The largest absolute Gasteiger partial charge is 0.337 e. The fourth-order valence-electron chi connectivity index (χ4n) is 1.60. The zero-order chi connectivity index (χ0) is 14.0. The average molecular weight is 294 g/mol. The van der Waals surface area contributed by atoms with Crippen LogP contribution in [0.4, 0.5) is 0 Å². The minimum Gasteiger partial charge on any atom is -0.337 e. The first-order chi connectivity index (χ1) is 8.30. The van der Waals surface area contributed by atoms with Gasteiger partial charge in [0.25, 0.3) is 10.0 Å². The summed E-state index contributed by atoms with van der Waals surface area (Å²) in [7, 11) is -1.86. The summed E-state index contributed by atoms with van der Waals surface area (Å²) >= 11 is 5.90. The van der Waals surface area contributed by atoms with Crippen molar-refractivity contribution in [3.63, 3.8) is 0 Å². The summed E-state index contributed by atoms with van der Waals surface area (Å²) < 4.78 is 28.8. The molecule has 1 rings (SSSR count). The lowest BCUT2D eigenvalue weighted by Gasteiger charge is -2.29. The molecular weight excluding hydrogens is 274 g/mol. The Balaban J connectivity index is 3.08. The molecule has 0 atom stereocenters. The zero-order valence-electron chi connectivity index (χ0n) is 11.2. The Kier molecular flexibility index (Phi) is 4.80. The summed E-state index contributed by atoms with van der Waals surface area (Å²) in [5, 5.41) is 0.0406. The number of hydrogen-bond donors (Lipinski definition) is 1. The van der Waals surface area contributed by atoms with E-state index in [2.05, 4.69) is 9.71 Å². The molecule has 18 heavy (non-hydrogen) atoms. The molecule has 1 aromatic rings. The van der Waals surface area contributed by atoms with Crippen LogP contribution in [0.15, 0.2) is 11.2 Å². The van der Waals surface area contributed by atoms with Crippen molar-refractivity contribution in [3.05, 3.63) is 12.0 Å². The maximum absolute atomic E-state index is 12.2. The van der Waals surface area contributed by atoms with E-state index in [-0.39, 0.29) is 10.9 Å². The maximum Gasteiger partial charge on any atom is 0.260 e. The number of alkyl halides is 1. The van der Waals surface area contributed by atoms with Crippen LogP contribution in [0.25, 0.3) is 0 Å². The van der Waals surface area contributed by atoms with E-state index >= 15 is 0 Å². The Morgan fingerprint density at radius 3 is 2.33 bits per heavy atom. The third-order valence-electron chi connectivity index (χ3n) is 3.32. The lowest BCUT2D eigenvalue weighted by Crippen LogP contribution is -2.49. The number of sulfonamides is 1. The predicted octanol–water partition coefficient (Wildman–Crippen LogP) is 1.80. The van der Waals surface area contributed by atoms with Crippen molar-refractivity contribution in [2.45, 2.75) is 44.2 Å². The van der Waals surface area contributed by atoms with Crippen LogP contribution in [0, 0.1) is 6.92 Å². The van der Waals surface area contributed by atoms with E-state index in [1.807, 2.05) is 13.8 Å². The molecular formula is C11H20ClN3O2S. The van der Waals surface area contributed by atoms with Crippen molar-refractivity contribution in [3.8, 4) is 0 Å². The SMILES string of the molecule is CCC(CC)(CCl)NS(=O)(=O)c1cn(C)c(C)n1. The molecule has 0 fully saturated rings. The van der Waals surface area contributed by atoms with Gasteiger partial charge in [0.2, 0.25) is 0 Å². The Morgan fingerprint density at radius 2 is 2.00 bits per heavy atom. The first kappa shape index (κ1) is 15.5. The second-order valence-corrected chi connectivity index (χ2v) is 6.36.